The Labute approximate surface area is 240 Å². The first-order valence-electron chi connectivity index (χ1n) is 13.4. The predicted molar refractivity (Wildman–Crippen MR) is 173 cm³/mol. The number of aromatic nitrogens is 1. The molecule has 1 unspecified atom stereocenters. The molecule has 1 N–H and O–H groups in total. The third-order valence-electron chi connectivity index (χ3n) is 7.57. The van der Waals surface area contributed by atoms with Crippen molar-refractivity contribution in [1.82, 2.24) is 10.3 Å². The quantitative estimate of drug-likeness (QED) is 0.237. The summed E-state index contributed by atoms with van der Waals surface area (Å²) >= 11 is 3.78. The Kier molecular flexibility index (Phi) is 5.61. The van der Waals surface area contributed by atoms with Crippen LogP contribution in [-0.2, 0) is 0 Å². The average molecular weight is 549 g/mol. The van der Waals surface area contributed by atoms with E-state index in [4.69, 9.17) is 4.98 Å². The van der Waals surface area contributed by atoms with Gasteiger partial charge < -0.3 is 5.32 Å². The summed E-state index contributed by atoms with van der Waals surface area (Å²) in [6, 6.07) is 41.1. The van der Waals surface area contributed by atoms with Crippen LogP contribution in [0.2, 0.25) is 0 Å². The summed E-state index contributed by atoms with van der Waals surface area (Å²) in [6.45, 7) is 0. The van der Waals surface area contributed by atoms with Gasteiger partial charge in [-0.05, 0) is 41.5 Å². The fourth-order valence-corrected chi connectivity index (χ4v) is 8.25. The number of benzene rings is 4. The van der Waals surface area contributed by atoms with Crippen LogP contribution in [-0.4, -0.2) is 4.98 Å². The molecule has 1 atom stereocenters. The molecule has 0 amide bonds. The molecule has 1 aliphatic heterocycles. The van der Waals surface area contributed by atoms with Gasteiger partial charge in [-0.2, -0.15) is 0 Å². The molecule has 3 aromatic heterocycles. The first kappa shape index (κ1) is 23.4. The van der Waals surface area contributed by atoms with Gasteiger partial charge in [0.2, 0.25) is 0 Å². The van der Waals surface area contributed by atoms with Crippen molar-refractivity contribution in [2.45, 2.75) is 6.04 Å². The summed E-state index contributed by atoms with van der Waals surface area (Å²) in [5.41, 5.74) is 7.96. The van der Waals surface area contributed by atoms with Gasteiger partial charge in [-0.15, -0.1) is 22.7 Å². The second-order valence-corrected chi connectivity index (χ2v) is 12.4. The van der Waals surface area contributed by atoms with E-state index in [-0.39, 0.29) is 6.04 Å². The van der Waals surface area contributed by atoms with Gasteiger partial charge in [0.05, 0.1) is 21.4 Å². The van der Waals surface area contributed by atoms with Crippen molar-refractivity contribution < 1.29 is 0 Å². The van der Waals surface area contributed by atoms with E-state index in [1.807, 2.05) is 28.7 Å². The van der Waals surface area contributed by atoms with Gasteiger partial charge >= 0.3 is 0 Å². The highest BCUT2D eigenvalue weighted by Gasteiger charge is 2.17. The van der Waals surface area contributed by atoms with E-state index >= 15 is 0 Å². The minimum atomic E-state index is 0.185. The summed E-state index contributed by atoms with van der Waals surface area (Å²) < 4.78 is 4.01. The molecule has 0 spiro atoms. The third-order valence-corrected chi connectivity index (χ3v) is 9.97. The summed E-state index contributed by atoms with van der Waals surface area (Å²) in [5, 5.41) is 7.75. The predicted octanol–water partition coefficient (Wildman–Crippen LogP) is 10.2. The summed E-state index contributed by atoms with van der Waals surface area (Å²) in [5.74, 6) is 0. The molecule has 0 bridgehead atoms. The molecule has 0 saturated heterocycles. The Morgan fingerprint density at radius 3 is 2.00 bits per heavy atom. The van der Waals surface area contributed by atoms with Gasteiger partial charge in [0.15, 0.2) is 0 Å². The van der Waals surface area contributed by atoms with Crippen molar-refractivity contribution in [2.75, 3.05) is 0 Å². The zero-order valence-electron chi connectivity index (χ0n) is 21.5. The maximum Gasteiger partial charge on any atom is 0.0890 e. The van der Waals surface area contributed by atoms with E-state index in [1.54, 1.807) is 0 Å². The highest BCUT2D eigenvalue weighted by molar-refractivity contribution is 7.44. The lowest BCUT2D eigenvalue weighted by Gasteiger charge is -2.22. The standard InChI is InChI=1S/C36H24N2S2/c1-3-9-23(10-4-1)29-13-7-15-31(37-29)25-17-19-27-33(21-25)39-36-35(27)28-20-18-26(22-34(28)40-36)32-16-8-14-30(38-32)24-11-5-2-6-12-24/h1-22,29,37H. The number of nitrogens with one attached hydrogen (secondary N) is 1. The van der Waals surface area contributed by atoms with Crippen LogP contribution in [0, 0.1) is 0 Å². The van der Waals surface area contributed by atoms with E-state index < -0.39 is 0 Å². The maximum absolute atomic E-state index is 4.98. The lowest BCUT2D eigenvalue weighted by molar-refractivity contribution is 0.764. The zero-order chi connectivity index (χ0) is 26.5. The van der Waals surface area contributed by atoms with Gasteiger partial charge in [-0.1, -0.05) is 103 Å². The van der Waals surface area contributed by atoms with Gasteiger partial charge in [0, 0.05) is 42.4 Å². The average Bonchev–Trinajstić information content (AvgIpc) is 3.57. The van der Waals surface area contributed by atoms with E-state index in [9.17, 15) is 0 Å². The Morgan fingerprint density at radius 2 is 1.25 bits per heavy atom. The number of fused-ring (bicyclic) bond motifs is 5. The van der Waals surface area contributed by atoms with Crippen LogP contribution < -0.4 is 5.32 Å². The molecule has 40 heavy (non-hydrogen) atoms. The van der Waals surface area contributed by atoms with Crippen molar-refractivity contribution in [3.63, 3.8) is 0 Å². The molecule has 4 heteroatoms. The Bertz CT molecular complexity index is 2080. The number of allylic oxidation sites excluding steroid dienone is 2. The second-order valence-electron chi connectivity index (χ2n) is 10.1. The van der Waals surface area contributed by atoms with E-state index in [1.165, 1.54) is 40.7 Å². The largest absolute Gasteiger partial charge is 0.374 e. The van der Waals surface area contributed by atoms with Gasteiger partial charge in [0.1, 0.15) is 0 Å². The van der Waals surface area contributed by atoms with Crippen molar-refractivity contribution in [1.29, 1.82) is 0 Å². The molecule has 0 radical (unpaired) electrons. The number of hydrogen-bond donors (Lipinski definition) is 1. The summed E-state index contributed by atoms with van der Waals surface area (Å²) in [7, 11) is 0. The molecular formula is C36H24N2S2. The molecule has 0 saturated carbocycles. The van der Waals surface area contributed by atoms with Crippen LogP contribution in [0.25, 0.3) is 57.8 Å². The number of thiophene rings is 2. The van der Waals surface area contributed by atoms with E-state index in [0.717, 1.165) is 28.2 Å². The molecule has 0 aliphatic carbocycles. The van der Waals surface area contributed by atoms with Gasteiger partial charge in [-0.25, -0.2) is 4.98 Å². The Balaban J connectivity index is 1.14. The molecule has 7 aromatic rings. The zero-order valence-corrected chi connectivity index (χ0v) is 23.2. The summed E-state index contributed by atoms with van der Waals surface area (Å²) in [6.07, 6.45) is 6.55. The molecule has 1 aliphatic rings. The number of dihydropyridines is 1. The molecule has 2 nitrogen and oxygen atoms in total. The van der Waals surface area contributed by atoms with E-state index in [2.05, 4.69) is 133 Å². The first-order chi connectivity index (χ1) is 19.8. The first-order valence-corrected chi connectivity index (χ1v) is 15.1. The number of nitrogens with zero attached hydrogens (tertiary/aromatic N) is 1. The Hall–Kier alpha value is -4.51. The van der Waals surface area contributed by atoms with Crippen LogP contribution in [0.15, 0.2) is 133 Å². The molecular weight excluding hydrogens is 525 g/mol. The van der Waals surface area contributed by atoms with Crippen LogP contribution in [0.4, 0.5) is 0 Å². The highest BCUT2D eigenvalue weighted by atomic mass is 32.2. The van der Waals surface area contributed by atoms with Crippen LogP contribution in [0.1, 0.15) is 17.2 Å². The van der Waals surface area contributed by atoms with Gasteiger partial charge in [0.25, 0.3) is 0 Å². The molecule has 4 aromatic carbocycles. The molecule has 0 fully saturated rings. The SMILES string of the molecule is C1=CC(c2ccccc2)NC(c2ccc3c(c2)sc2sc4cc(-c5cccc(-c6ccccc6)n5)ccc4c23)=C1. The number of hydrogen-bond acceptors (Lipinski definition) is 4. The van der Waals surface area contributed by atoms with Crippen molar-refractivity contribution in [3.05, 3.63) is 145 Å². The lowest BCUT2D eigenvalue weighted by Crippen LogP contribution is -2.20. The minimum absolute atomic E-state index is 0.185. The fraction of sp³-hybridized carbons (Fsp3) is 0.0278. The topological polar surface area (TPSA) is 24.9 Å². The lowest BCUT2D eigenvalue weighted by atomic mass is 10.0. The van der Waals surface area contributed by atoms with Crippen molar-refractivity contribution >= 4 is 57.9 Å². The highest BCUT2D eigenvalue weighted by Crippen LogP contribution is 2.45. The number of pyridine rings is 1. The van der Waals surface area contributed by atoms with Crippen LogP contribution >= 0.6 is 22.7 Å². The minimum Gasteiger partial charge on any atom is -0.374 e. The normalized spacial score (nSPS) is 15.0. The van der Waals surface area contributed by atoms with Crippen LogP contribution in [0.3, 0.4) is 0 Å². The number of rotatable bonds is 4. The molecule has 4 heterocycles. The van der Waals surface area contributed by atoms with Crippen molar-refractivity contribution in [2.24, 2.45) is 0 Å². The smallest absolute Gasteiger partial charge is 0.0890 e. The van der Waals surface area contributed by atoms with E-state index in [0.29, 0.717) is 0 Å². The van der Waals surface area contributed by atoms with Gasteiger partial charge in [-0.3, -0.25) is 0 Å². The molecule has 190 valence electrons. The second kappa shape index (κ2) is 9.60. The summed E-state index contributed by atoms with van der Waals surface area (Å²) in [4.78, 5) is 4.98. The fourth-order valence-electron chi connectivity index (χ4n) is 5.57. The van der Waals surface area contributed by atoms with Crippen molar-refractivity contribution in [3.8, 4) is 22.5 Å². The Morgan fingerprint density at radius 1 is 0.600 bits per heavy atom. The molecule has 8 rings (SSSR count). The monoisotopic (exact) mass is 548 g/mol. The van der Waals surface area contributed by atoms with Crippen LogP contribution in [0.5, 0.6) is 0 Å². The maximum atomic E-state index is 4.98. The third kappa shape index (κ3) is 4.04.